The highest BCUT2D eigenvalue weighted by atomic mass is 16.5. The number of carbonyl (C=O) groups excluding carboxylic acids is 1. The Labute approximate surface area is 168 Å². The first kappa shape index (κ1) is 22.4. The summed E-state index contributed by atoms with van der Waals surface area (Å²) in [6, 6.07) is 4.99. The number of carbonyl (C=O) groups is 2. The van der Waals surface area contributed by atoms with Gasteiger partial charge in [0.25, 0.3) is 0 Å². The van der Waals surface area contributed by atoms with Gasteiger partial charge in [-0.05, 0) is 29.5 Å². The number of aliphatic carboxylic acids is 1. The smallest absolute Gasteiger partial charge is 0.407 e. The van der Waals surface area contributed by atoms with E-state index in [9.17, 15) is 19.5 Å². The van der Waals surface area contributed by atoms with Crippen LogP contribution in [-0.2, 0) is 22.4 Å². The number of aryl methyl sites for hydroxylation is 1. The van der Waals surface area contributed by atoms with Gasteiger partial charge in [-0.1, -0.05) is 26.8 Å². The summed E-state index contributed by atoms with van der Waals surface area (Å²) in [6.45, 7) is 5.84. The van der Waals surface area contributed by atoms with Crippen molar-refractivity contribution < 1.29 is 29.0 Å². The molecule has 0 spiro atoms. The molecule has 1 atom stereocenters. The van der Waals surface area contributed by atoms with Gasteiger partial charge < -0.3 is 24.7 Å². The van der Waals surface area contributed by atoms with E-state index in [0.717, 1.165) is 0 Å². The van der Waals surface area contributed by atoms with Crippen molar-refractivity contribution in [2.75, 3.05) is 13.2 Å². The highest BCUT2D eigenvalue weighted by molar-refractivity contribution is 5.81. The molecule has 158 valence electrons. The van der Waals surface area contributed by atoms with Crippen LogP contribution in [0.15, 0.2) is 33.5 Å². The zero-order valence-electron chi connectivity index (χ0n) is 16.9. The third-order valence-corrected chi connectivity index (χ3v) is 4.09. The van der Waals surface area contributed by atoms with Crippen molar-refractivity contribution in [1.82, 2.24) is 5.32 Å². The fourth-order valence-corrected chi connectivity index (χ4v) is 2.66. The fraction of sp³-hybridized carbons (Fsp3) is 0.476. The number of carboxylic acid groups (broad SMARTS) is 1. The van der Waals surface area contributed by atoms with E-state index in [0.29, 0.717) is 35.1 Å². The number of amides is 1. The third-order valence-electron chi connectivity index (χ3n) is 4.09. The maximum absolute atomic E-state index is 12.4. The van der Waals surface area contributed by atoms with E-state index >= 15 is 0 Å². The van der Waals surface area contributed by atoms with Crippen LogP contribution in [0.4, 0.5) is 4.79 Å². The van der Waals surface area contributed by atoms with Gasteiger partial charge in [0.15, 0.2) is 5.43 Å². The summed E-state index contributed by atoms with van der Waals surface area (Å²) >= 11 is 0. The Balaban J connectivity index is 2.15. The molecule has 8 nitrogen and oxygen atoms in total. The molecule has 2 aromatic rings. The molecule has 0 aliphatic rings. The number of rotatable bonds is 8. The number of aliphatic hydroxyl groups is 1. The number of carboxylic acids is 1. The van der Waals surface area contributed by atoms with Gasteiger partial charge >= 0.3 is 12.1 Å². The van der Waals surface area contributed by atoms with Crippen LogP contribution in [0.5, 0.6) is 0 Å². The molecule has 0 fully saturated rings. The minimum atomic E-state index is -1.20. The fourth-order valence-electron chi connectivity index (χ4n) is 2.66. The molecule has 8 heteroatoms. The topological polar surface area (TPSA) is 126 Å². The largest absolute Gasteiger partial charge is 0.480 e. The van der Waals surface area contributed by atoms with Gasteiger partial charge in [-0.25, -0.2) is 9.59 Å². The van der Waals surface area contributed by atoms with Crippen molar-refractivity contribution in [3.05, 3.63) is 45.8 Å². The summed E-state index contributed by atoms with van der Waals surface area (Å²) in [5.41, 5.74) is 0.471. The molecule has 0 aliphatic heterocycles. The van der Waals surface area contributed by atoms with E-state index in [-0.39, 0.29) is 30.5 Å². The molecule has 0 saturated heterocycles. The lowest BCUT2D eigenvalue weighted by Gasteiger charge is -2.20. The number of fused-ring (bicyclic) bond motifs is 1. The Morgan fingerprint density at radius 2 is 1.97 bits per heavy atom. The molecule has 1 heterocycles. The summed E-state index contributed by atoms with van der Waals surface area (Å²) in [7, 11) is 0. The average Bonchev–Trinajstić information content (AvgIpc) is 2.64. The van der Waals surface area contributed by atoms with E-state index in [4.69, 9.17) is 14.3 Å². The number of benzene rings is 1. The highest BCUT2D eigenvalue weighted by Gasteiger charge is 2.23. The maximum atomic E-state index is 12.4. The van der Waals surface area contributed by atoms with Crippen molar-refractivity contribution in [2.45, 2.75) is 46.1 Å². The number of ether oxygens (including phenoxy) is 1. The van der Waals surface area contributed by atoms with Crippen LogP contribution >= 0.6 is 0 Å². The van der Waals surface area contributed by atoms with Gasteiger partial charge in [0.05, 0.1) is 12.0 Å². The number of hydrogen-bond acceptors (Lipinski definition) is 6. The lowest BCUT2D eigenvalue weighted by molar-refractivity contribution is -0.139. The second-order valence-electron chi connectivity index (χ2n) is 8.11. The monoisotopic (exact) mass is 405 g/mol. The van der Waals surface area contributed by atoms with Gasteiger partial charge in [0.1, 0.15) is 17.4 Å². The van der Waals surface area contributed by atoms with Crippen LogP contribution in [-0.4, -0.2) is 41.5 Å². The minimum absolute atomic E-state index is 0.00243. The van der Waals surface area contributed by atoms with Gasteiger partial charge in [-0.2, -0.15) is 0 Å². The predicted molar refractivity (Wildman–Crippen MR) is 107 cm³/mol. The first-order valence-electron chi connectivity index (χ1n) is 9.41. The van der Waals surface area contributed by atoms with Crippen LogP contribution in [0.25, 0.3) is 11.0 Å². The van der Waals surface area contributed by atoms with Gasteiger partial charge in [0.2, 0.25) is 0 Å². The van der Waals surface area contributed by atoms with E-state index in [2.05, 4.69) is 5.32 Å². The molecule has 0 saturated carbocycles. The normalized spacial score (nSPS) is 12.6. The molecule has 1 amide bonds. The summed E-state index contributed by atoms with van der Waals surface area (Å²) in [6.07, 6.45) is 0.123. The quantitative estimate of drug-likeness (QED) is 0.616. The molecule has 1 aromatic heterocycles. The molecular formula is C21H27NO7. The summed E-state index contributed by atoms with van der Waals surface area (Å²) in [5.74, 6) is -0.722. The Kier molecular flexibility index (Phi) is 7.39. The second kappa shape index (κ2) is 9.56. The average molecular weight is 405 g/mol. The molecule has 2 rings (SSSR count). The van der Waals surface area contributed by atoms with Crippen molar-refractivity contribution in [2.24, 2.45) is 5.41 Å². The lowest BCUT2D eigenvalue weighted by Crippen LogP contribution is -2.43. The minimum Gasteiger partial charge on any atom is -0.480 e. The number of hydrogen-bond donors (Lipinski definition) is 3. The number of alkyl carbamates (subject to hydrolysis) is 1. The first-order chi connectivity index (χ1) is 13.6. The van der Waals surface area contributed by atoms with Crippen LogP contribution in [0.2, 0.25) is 0 Å². The van der Waals surface area contributed by atoms with Crippen molar-refractivity contribution in [1.29, 1.82) is 0 Å². The molecule has 0 bridgehead atoms. The molecule has 1 aromatic carbocycles. The summed E-state index contributed by atoms with van der Waals surface area (Å²) in [5, 5.41) is 21.0. The molecule has 29 heavy (non-hydrogen) atoms. The Hall–Kier alpha value is -2.87. The number of aliphatic hydroxyl groups excluding tert-OH is 1. The predicted octanol–water partition coefficient (Wildman–Crippen LogP) is 2.49. The van der Waals surface area contributed by atoms with Gasteiger partial charge in [-0.3, -0.25) is 4.79 Å². The Morgan fingerprint density at radius 1 is 1.24 bits per heavy atom. The lowest BCUT2D eigenvalue weighted by atomic mass is 9.99. The zero-order chi connectivity index (χ0) is 21.6. The maximum Gasteiger partial charge on any atom is 0.407 e. The summed E-state index contributed by atoms with van der Waals surface area (Å²) < 4.78 is 10.7. The van der Waals surface area contributed by atoms with Crippen LogP contribution in [0.1, 0.15) is 38.5 Å². The number of nitrogens with one attached hydrogen (secondary N) is 1. The SMILES string of the molecule is CC(C)(C)COC(=O)N[C@@H](Cc1ccc2oc(CCCO)cc(=O)c2c1)C(=O)O. The van der Waals surface area contributed by atoms with Crippen molar-refractivity contribution in [3.63, 3.8) is 0 Å². The first-order valence-corrected chi connectivity index (χ1v) is 9.41. The Morgan fingerprint density at radius 3 is 2.59 bits per heavy atom. The zero-order valence-corrected chi connectivity index (χ0v) is 16.9. The standard InChI is InChI=1S/C21H27NO7/c1-21(2,3)12-28-20(27)22-16(19(25)26)10-13-6-7-18-15(9-13)17(24)11-14(29-18)5-4-8-23/h6-7,9,11,16,23H,4-5,8,10,12H2,1-3H3,(H,22,27)(H,25,26)/t16-/m0/s1. The summed E-state index contributed by atoms with van der Waals surface area (Å²) in [4.78, 5) is 35.8. The van der Waals surface area contributed by atoms with Crippen LogP contribution in [0.3, 0.4) is 0 Å². The van der Waals surface area contributed by atoms with Crippen LogP contribution < -0.4 is 10.7 Å². The van der Waals surface area contributed by atoms with Gasteiger partial charge in [-0.15, -0.1) is 0 Å². The van der Waals surface area contributed by atoms with Crippen molar-refractivity contribution >= 4 is 23.0 Å². The molecule has 0 aliphatic carbocycles. The van der Waals surface area contributed by atoms with Crippen molar-refractivity contribution in [3.8, 4) is 0 Å². The third kappa shape index (κ3) is 6.90. The van der Waals surface area contributed by atoms with E-state index in [1.807, 2.05) is 20.8 Å². The molecule has 0 radical (unpaired) electrons. The van der Waals surface area contributed by atoms with E-state index < -0.39 is 18.1 Å². The Bertz CT molecular complexity index is 927. The molecular weight excluding hydrogens is 378 g/mol. The van der Waals surface area contributed by atoms with Gasteiger partial charge in [0, 0.05) is 25.5 Å². The van der Waals surface area contributed by atoms with E-state index in [1.54, 1.807) is 18.2 Å². The van der Waals surface area contributed by atoms with Crippen LogP contribution in [0, 0.1) is 5.41 Å². The van der Waals surface area contributed by atoms with E-state index in [1.165, 1.54) is 6.07 Å². The second-order valence-corrected chi connectivity index (χ2v) is 8.11. The molecule has 3 N–H and O–H groups in total. The highest BCUT2D eigenvalue weighted by Crippen LogP contribution is 2.17. The molecule has 0 unspecified atom stereocenters.